The summed E-state index contributed by atoms with van der Waals surface area (Å²) >= 11 is 0. The Kier molecular flexibility index (Phi) is 6.03. The van der Waals surface area contributed by atoms with Crippen LogP contribution in [-0.4, -0.2) is 20.2 Å². The van der Waals surface area contributed by atoms with Crippen LogP contribution in [0.5, 0.6) is 11.5 Å². The third-order valence-corrected chi connectivity index (χ3v) is 3.57. The molecule has 4 heteroatoms. The molecule has 4 nitrogen and oxygen atoms in total. The van der Waals surface area contributed by atoms with Crippen LogP contribution in [0.15, 0.2) is 42.5 Å². The summed E-state index contributed by atoms with van der Waals surface area (Å²) in [7, 11) is 3.00. The van der Waals surface area contributed by atoms with Crippen molar-refractivity contribution in [3.63, 3.8) is 0 Å². The van der Waals surface area contributed by atoms with Gasteiger partial charge in [0.2, 0.25) is 0 Å². The molecule has 2 aromatic carbocycles. The maximum absolute atomic E-state index is 11.4. The van der Waals surface area contributed by atoms with Crippen molar-refractivity contribution in [1.29, 1.82) is 0 Å². The summed E-state index contributed by atoms with van der Waals surface area (Å²) in [5.41, 5.74) is 3.22. The third-order valence-electron chi connectivity index (χ3n) is 3.57. The zero-order valence-electron chi connectivity index (χ0n) is 13.8. The first-order valence-corrected chi connectivity index (χ1v) is 7.55. The quantitative estimate of drug-likeness (QED) is 0.731. The Morgan fingerprint density at radius 2 is 1.87 bits per heavy atom. The molecule has 0 spiro atoms. The van der Waals surface area contributed by atoms with E-state index >= 15 is 0 Å². The lowest BCUT2D eigenvalue weighted by Gasteiger charge is -2.15. The van der Waals surface area contributed by atoms with Crippen LogP contribution in [0.25, 0.3) is 0 Å². The molecule has 0 aliphatic heterocycles. The molecular formula is C19H22O4. The summed E-state index contributed by atoms with van der Waals surface area (Å²) in [6.45, 7) is 2.50. The number of benzene rings is 2. The Labute approximate surface area is 137 Å². The largest absolute Gasteiger partial charge is 0.493 e. The van der Waals surface area contributed by atoms with Crippen LogP contribution in [0, 0.1) is 6.92 Å². The van der Waals surface area contributed by atoms with E-state index in [9.17, 15) is 4.79 Å². The summed E-state index contributed by atoms with van der Waals surface area (Å²) in [6, 6.07) is 13.9. The number of para-hydroxylation sites is 1. The van der Waals surface area contributed by atoms with Crippen LogP contribution in [0.4, 0.5) is 0 Å². The highest BCUT2D eigenvalue weighted by Gasteiger charge is 2.12. The average Bonchev–Trinajstić information content (AvgIpc) is 2.57. The SMILES string of the molecule is COC(=O)CCc1cccc(OC)c1OCc1cccc(C)c1. The van der Waals surface area contributed by atoms with Gasteiger partial charge in [0.15, 0.2) is 11.5 Å². The predicted molar refractivity (Wildman–Crippen MR) is 88.8 cm³/mol. The van der Waals surface area contributed by atoms with Gasteiger partial charge in [-0.3, -0.25) is 4.79 Å². The number of carbonyl (C=O) groups is 1. The van der Waals surface area contributed by atoms with Crippen molar-refractivity contribution in [3.05, 3.63) is 59.2 Å². The van der Waals surface area contributed by atoms with E-state index in [1.165, 1.54) is 12.7 Å². The van der Waals surface area contributed by atoms with Gasteiger partial charge in [-0.25, -0.2) is 0 Å². The van der Waals surface area contributed by atoms with Gasteiger partial charge in [0.1, 0.15) is 6.61 Å². The van der Waals surface area contributed by atoms with Crippen LogP contribution in [-0.2, 0) is 22.6 Å². The minimum atomic E-state index is -0.238. The van der Waals surface area contributed by atoms with Crippen LogP contribution in [0.3, 0.4) is 0 Å². The van der Waals surface area contributed by atoms with E-state index in [-0.39, 0.29) is 5.97 Å². The summed E-state index contributed by atoms with van der Waals surface area (Å²) in [5, 5.41) is 0. The van der Waals surface area contributed by atoms with Crippen LogP contribution < -0.4 is 9.47 Å². The lowest BCUT2D eigenvalue weighted by atomic mass is 10.1. The molecule has 0 aliphatic carbocycles. The molecule has 2 rings (SSSR count). The number of rotatable bonds is 7. The lowest BCUT2D eigenvalue weighted by Crippen LogP contribution is -2.05. The molecular weight excluding hydrogens is 292 g/mol. The van der Waals surface area contributed by atoms with Gasteiger partial charge in [0.05, 0.1) is 14.2 Å². The predicted octanol–water partition coefficient (Wildman–Crippen LogP) is 3.69. The Morgan fingerprint density at radius 3 is 2.57 bits per heavy atom. The molecule has 23 heavy (non-hydrogen) atoms. The van der Waals surface area contributed by atoms with Crippen LogP contribution in [0.1, 0.15) is 23.1 Å². The fourth-order valence-electron chi connectivity index (χ4n) is 2.38. The fourth-order valence-corrected chi connectivity index (χ4v) is 2.38. The van der Waals surface area contributed by atoms with Crippen molar-refractivity contribution in [3.8, 4) is 11.5 Å². The molecule has 0 fully saturated rings. The van der Waals surface area contributed by atoms with E-state index in [1.807, 2.05) is 43.3 Å². The number of hydrogen-bond acceptors (Lipinski definition) is 4. The Balaban J connectivity index is 2.16. The summed E-state index contributed by atoms with van der Waals surface area (Å²) in [4.78, 5) is 11.4. The number of methoxy groups -OCH3 is 2. The molecule has 0 N–H and O–H groups in total. The maximum Gasteiger partial charge on any atom is 0.305 e. The first-order valence-electron chi connectivity index (χ1n) is 7.55. The molecule has 0 aromatic heterocycles. The molecule has 0 atom stereocenters. The van der Waals surface area contributed by atoms with Gasteiger partial charge < -0.3 is 14.2 Å². The Hall–Kier alpha value is -2.49. The highest BCUT2D eigenvalue weighted by Crippen LogP contribution is 2.32. The first-order chi connectivity index (χ1) is 11.1. The second-order valence-electron chi connectivity index (χ2n) is 5.30. The van der Waals surface area contributed by atoms with Crippen molar-refractivity contribution in [2.24, 2.45) is 0 Å². The highest BCUT2D eigenvalue weighted by atomic mass is 16.5. The molecule has 0 amide bonds. The van der Waals surface area contributed by atoms with E-state index < -0.39 is 0 Å². The molecule has 0 unspecified atom stereocenters. The number of esters is 1. The average molecular weight is 314 g/mol. The topological polar surface area (TPSA) is 44.8 Å². The van der Waals surface area contributed by atoms with Crippen LogP contribution in [0.2, 0.25) is 0 Å². The van der Waals surface area contributed by atoms with Gasteiger partial charge in [-0.1, -0.05) is 42.0 Å². The van der Waals surface area contributed by atoms with E-state index in [0.717, 1.165) is 11.1 Å². The zero-order valence-corrected chi connectivity index (χ0v) is 13.8. The maximum atomic E-state index is 11.4. The van der Waals surface area contributed by atoms with Gasteiger partial charge in [-0.2, -0.15) is 0 Å². The molecule has 0 aliphatic rings. The zero-order chi connectivity index (χ0) is 16.7. The molecule has 0 saturated heterocycles. The third kappa shape index (κ3) is 4.74. The Morgan fingerprint density at radius 1 is 1.09 bits per heavy atom. The fraction of sp³-hybridized carbons (Fsp3) is 0.316. The van der Waals surface area contributed by atoms with Crippen molar-refractivity contribution < 1.29 is 19.0 Å². The number of hydrogen-bond donors (Lipinski definition) is 0. The second kappa shape index (κ2) is 8.22. The molecule has 0 saturated carbocycles. The second-order valence-corrected chi connectivity index (χ2v) is 5.30. The minimum absolute atomic E-state index is 0.238. The van der Waals surface area contributed by atoms with Crippen molar-refractivity contribution >= 4 is 5.97 Å². The van der Waals surface area contributed by atoms with Crippen molar-refractivity contribution in [2.75, 3.05) is 14.2 Å². The number of carbonyl (C=O) groups excluding carboxylic acids is 1. The summed E-state index contributed by atoms with van der Waals surface area (Å²) < 4.78 is 16.1. The standard InChI is InChI=1S/C19H22O4/c1-14-6-4-7-15(12-14)13-23-19-16(10-11-18(20)22-3)8-5-9-17(19)21-2/h4-9,12H,10-11,13H2,1-3H3. The van der Waals surface area contributed by atoms with Crippen molar-refractivity contribution in [1.82, 2.24) is 0 Å². The monoisotopic (exact) mass is 314 g/mol. The highest BCUT2D eigenvalue weighted by molar-refractivity contribution is 5.69. The minimum Gasteiger partial charge on any atom is -0.493 e. The number of aryl methyl sites for hydroxylation is 2. The first kappa shape index (κ1) is 16.9. The molecule has 2 aromatic rings. The molecule has 0 bridgehead atoms. The van der Waals surface area contributed by atoms with Crippen molar-refractivity contribution in [2.45, 2.75) is 26.4 Å². The molecule has 0 heterocycles. The van der Waals surface area contributed by atoms with Gasteiger partial charge in [-0.05, 0) is 30.5 Å². The Bertz CT molecular complexity index is 664. The van der Waals surface area contributed by atoms with E-state index in [4.69, 9.17) is 14.2 Å². The van der Waals surface area contributed by atoms with Gasteiger partial charge in [0.25, 0.3) is 0 Å². The van der Waals surface area contributed by atoms with E-state index in [1.54, 1.807) is 7.11 Å². The molecule has 122 valence electrons. The van der Waals surface area contributed by atoms with E-state index in [2.05, 4.69) is 6.07 Å². The van der Waals surface area contributed by atoms with Gasteiger partial charge >= 0.3 is 5.97 Å². The molecule has 0 radical (unpaired) electrons. The summed E-state index contributed by atoms with van der Waals surface area (Å²) in [6.07, 6.45) is 0.859. The number of ether oxygens (including phenoxy) is 3. The summed E-state index contributed by atoms with van der Waals surface area (Å²) in [5.74, 6) is 1.11. The van der Waals surface area contributed by atoms with Gasteiger partial charge in [0, 0.05) is 6.42 Å². The van der Waals surface area contributed by atoms with E-state index in [0.29, 0.717) is 30.9 Å². The van der Waals surface area contributed by atoms with Crippen LogP contribution >= 0.6 is 0 Å². The normalized spacial score (nSPS) is 10.2. The smallest absolute Gasteiger partial charge is 0.305 e. The lowest BCUT2D eigenvalue weighted by molar-refractivity contribution is -0.140. The van der Waals surface area contributed by atoms with Gasteiger partial charge in [-0.15, -0.1) is 0 Å².